The molecule has 0 atom stereocenters. The first-order valence-electron chi connectivity index (χ1n) is 8.21. The van der Waals surface area contributed by atoms with E-state index in [1.165, 1.54) is 16.8 Å². The molecule has 1 aliphatic heterocycles. The zero-order valence-electron chi connectivity index (χ0n) is 13.8. The maximum Gasteiger partial charge on any atom is 0.317 e. The van der Waals surface area contributed by atoms with Crippen LogP contribution < -0.4 is 10.2 Å². The summed E-state index contributed by atoms with van der Waals surface area (Å²) in [7, 11) is 0. The highest BCUT2D eigenvalue weighted by molar-refractivity contribution is 9.10. The minimum atomic E-state index is 0.0220. The molecule has 1 heterocycles. The Kier molecular flexibility index (Phi) is 5.41. The Morgan fingerprint density at radius 2 is 1.71 bits per heavy atom. The lowest BCUT2D eigenvalue weighted by atomic mass is 10.1. The van der Waals surface area contributed by atoms with Crippen molar-refractivity contribution in [3.8, 4) is 0 Å². The largest absolute Gasteiger partial charge is 0.368 e. The minimum absolute atomic E-state index is 0.0220. The van der Waals surface area contributed by atoms with Crippen LogP contribution in [0.1, 0.15) is 11.1 Å². The molecule has 1 saturated heterocycles. The number of anilines is 1. The molecule has 24 heavy (non-hydrogen) atoms. The number of benzene rings is 2. The van der Waals surface area contributed by atoms with Crippen molar-refractivity contribution in [3.63, 3.8) is 0 Å². The highest BCUT2D eigenvalue weighted by Gasteiger charge is 2.21. The first-order valence-corrected chi connectivity index (χ1v) is 9.00. The second kappa shape index (κ2) is 7.71. The van der Waals surface area contributed by atoms with Crippen LogP contribution in [-0.4, -0.2) is 37.1 Å². The van der Waals surface area contributed by atoms with E-state index < -0.39 is 0 Å². The fourth-order valence-electron chi connectivity index (χ4n) is 2.91. The standard InChI is InChI=1S/C19H22BrN3O/c1-15-4-2-3-5-16(15)14-21-19(24)23-12-10-22(11-13-23)18-8-6-17(20)7-9-18/h2-9H,10-14H2,1H3,(H,21,24). The van der Waals surface area contributed by atoms with Gasteiger partial charge in [0.25, 0.3) is 0 Å². The summed E-state index contributed by atoms with van der Waals surface area (Å²) in [6.45, 7) is 5.86. The molecular weight excluding hydrogens is 366 g/mol. The Bertz CT molecular complexity index is 694. The average Bonchev–Trinajstić information content (AvgIpc) is 2.62. The lowest BCUT2D eigenvalue weighted by Crippen LogP contribution is -2.51. The highest BCUT2D eigenvalue weighted by atomic mass is 79.9. The molecule has 3 rings (SSSR count). The van der Waals surface area contributed by atoms with Crippen molar-refractivity contribution >= 4 is 27.6 Å². The van der Waals surface area contributed by atoms with Gasteiger partial charge < -0.3 is 15.1 Å². The van der Waals surface area contributed by atoms with Crippen molar-refractivity contribution in [3.05, 3.63) is 64.1 Å². The molecule has 0 radical (unpaired) electrons. The summed E-state index contributed by atoms with van der Waals surface area (Å²) in [5.41, 5.74) is 3.58. The first-order chi connectivity index (χ1) is 11.6. The number of piperazine rings is 1. The van der Waals surface area contributed by atoms with E-state index >= 15 is 0 Å². The van der Waals surface area contributed by atoms with Gasteiger partial charge in [-0.05, 0) is 42.3 Å². The molecule has 0 saturated carbocycles. The maximum absolute atomic E-state index is 12.4. The number of amides is 2. The van der Waals surface area contributed by atoms with Crippen molar-refractivity contribution in [2.75, 3.05) is 31.1 Å². The van der Waals surface area contributed by atoms with Gasteiger partial charge in [0, 0.05) is 42.9 Å². The van der Waals surface area contributed by atoms with Crippen molar-refractivity contribution in [2.45, 2.75) is 13.5 Å². The monoisotopic (exact) mass is 387 g/mol. The summed E-state index contributed by atoms with van der Waals surface area (Å²) in [4.78, 5) is 16.6. The highest BCUT2D eigenvalue weighted by Crippen LogP contribution is 2.19. The van der Waals surface area contributed by atoms with E-state index in [2.05, 4.69) is 69.5 Å². The Labute approximate surface area is 151 Å². The smallest absolute Gasteiger partial charge is 0.317 e. The van der Waals surface area contributed by atoms with Crippen LogP contribution in [0.15, 0.2) is 53.0 Å². The molecular formula is C19H22BrN3O. The average molecular weight is 388 g/mol. The Morgan fingerprint density at radius 3 is 2.38 bits per heavy atom. The maximum atomic E-state index is 12.4. The van der Waals surface area contributed by atoms with Crippen LogP contribution in [0.2, 0.25) is 0 Å². The van der Waals surface area contributed by atoms with Gasteiger partial charge in [-0.25, -0.2) is 4.79 Å². The second-order valence-electron chi connectivity index (χ2n) is 6.04. The Hall–Kier alpha value is -2.01. The van der Waals surface area contributed by atoms with E-state index in [0.717, 1.165) is 30.7 Å². The van der Waals surface area contributed by atoms with Crippen LogP contribution in [0.25, 0.3) is 0 Å². The topological polar surface area (TPSA) is 35.6 Å². The minimum Gasteiger partial charge on any atom is -0.368 e. The predicted molar refractivity (Wildman–Crippen MR) is 101 cm³/mol. The number of rotatable bonds is 3. The quantitative estimate of drug-likeness (QED) is 0.869. The summed E-state index contributed by atoms with van der Waals surface area (Å²) in [6.07, 6.45) is 0. The van der Waals surface area contributed by atoms with Crippen LogP contribution in [0.3, 0.4) is 0 Å². The molecule has 1 N–H and O–H groups in total. The normalized spacial score (nSPS) is 14.6. The van der Waals surface area contributed by atoms with E-state index in [1.54, 1.807) is 0 Å². The number of urea groups is 1. The van der Waals surface area contributed by atoms with Crippen LogP contribution in [0.4, 0.5) is 10.5 Å². The SMILES string of the molecule is Cc1ccccc1CNC(=O)N1CCN(c2ccc(Br)cc2)CC1. The van der Waals surface area contributed by atoms with Crippen molar-refractivity contribution < 1.29 is 4.79 Å². The van der Waals surface area contributed by atoms with Gasteiger partial charge in [-0.15, -0.1) is 0 Å². The van der Waals surface area contributed by atoms with Crippen molar-refractivity contribution in [1.29, 1.82) is 0 Å². The number of hydrogen-bond acceptors (Lipinski definition) is 2. The molecule has 126 valence electrons. The van der Waals surface area contributed by atoms with Gasteiger partial charge in [0.2, 0.25) is 0 Å². The lowest BCUT2D eigenvalue weighted by Gasteiger charge is -2.36. The van der Waals surface area contributed by atoms with E-state index in [1.807, 2.05) is 17.0 Å². The second-order valence-corrected chi connectivity index (χ2v) is 6.95. The third kappa shape index (κ3) is 4.09. The van der Waals surface area contributed by atoms with Crippen molar-refractivity contribution in [2.24, 2.45) is 0 Å². The van der Waals surface area contributed by atoms with Gasteiger partial charge in [0.05, 0.1) is 0 Å². The van der Waals surface area contributed by atoms with Crippen LogP contribution in [-0.2, 0) is 6.54 Å². The van der Waals surface area contributed by atoms with E-state index in [-0.39, 0.29) is 6.03 Å². The van der Waals surface area contributed by atoms with E-state index in [0.29, 0.717) is 6.54 Å². The third-order valence-corrected chi connectivity index (χ3v) is 4.98. The molecule has 5 heteroatoms. The molecule has 1 fully saturated rings. The van der Waals surface area contributed by atoms with Gasteiger partial charge >= 0.3 is 6.03 Å². The fourth-order valence-corrected chi connectivity index (χ4v) is 3.18. The predicted octanol–water partition coefficient (Wildman–Crippen LogP) is 3.79. The number of halogens is 1. The van der Waals surface area contributed by atoms with Gasteiger partial charge in [-0.2, -0.15) is 0 Å². The van der Waals surface area contributed by atoms with Crippen LogP contribution in [0.5, 0.6) is 0 Å². The number of hydrogen-bond donors (Lipinski definition) is 1. The zero-order chi connectivity index (χ0) is 16.9. The van der Waals surface area contributed by atoms with Gasteiger partial charge in [0.15, 0.2) is 0 Å². The molecule has 2 aromatic carbocycles. The fraction of sp³-hybridized carbons (Fsp3) is 0.316. The molecule has 0 spiro atoms. The molecule has 0 aliphatic carbocycles. The van der Waals surface area contributed by atoms with Gasteiger partial charge in [-0.1, -0.05) is 40.2 Å². The molecule has 4 nitrogen and oxygen atoms in total. The summed E-state index contributed by atoms with van der Waals surface area (Å²) in [6, 6.07) is 16.5. The Balaban J connectivity index is 1.50. The van der Waals surface area contributed by atoms with Gasteiger partial charge in [-0.3, -0.25) is 0 Å². The number of aryl methyl sites for hydroxylation is 1. The summed E-state index contributed by atoms with van der Waals surface area (Å²) < 4.78 is 1.08. The molecule has 0 bridgehead atoms. The molecule has 2 aromatic rings. The molecule has 0 unspecified atom stereocenters. The summed E-state index contributed by atoms with van der Waals surface area (Å²) in [5, 5.41) is 3.03. The first kappa shape index (κ1) is 16.8. The van der Waals surface area contributed by atoms with Gasteiger partial charge in [0.1, 0.15) is 0 Å². The summed E-state index contributed by atoms with van der Waals surface area (Å²) >= 11 is 3.46. The number of carbonyl (C=O) groups excluding carboxylic acids is 1. The van der Waals surface area contributed by atoms with E-state index in [9.17, 15) is 4.79 Å². The van der Waals surface area contributed by atoms with Crippen LogP contribution in [0, 0.1) is 6.92 Å². The van der Waals surface area contributed by atoms with E-state index in [4.69, 9.17) is 0 Å². The number of nitrogens with zero attached hydrogens (tertiary/aromatic N) is 2. The molecule has 2 amide bonds. The zero-order valence-corrected chi connectivity index (χ0v) is 15.4. The lowest BCUT2D eigenvalue weighted by molar-refractivity contribution is 0.194. The molecule has 1 aliphatic rings. The summed E-state index contributed by atoms with van der Waals surface area (Å²) in [5.74, 6) is 0. The third-order valence-electron chi connectivity index (χ3n) is 4.45. The van der Waals surface area contributed by atoms with Crippen LogP contribution >= 0.6 is 15.9 Å². The molecule has 0 aromatic heterocycles. The number of nitrogens with one attached hydrogen (secondary N) is 1. The Morgan fingerprint density at radius 1 is 1.04 bits per heavy atom. The van der Waals surface area contributed by atoms with Crippen molar-refractivity contribution in [1.82, 2.24) is 10.2 Å². The number of carbonyl (C=O) groups is 1.